The highest BCUT2D eigenvalue weighted by Crippen LogP contribution is 2.25. The predicted octanol–water partition coefficient (Wildman–Crippen LogP) is 1.30. The van der Waals surface area contributed by atoms with Gasteiger partial charge in [-0.2, -0.15) is 0 Å². The van der Waals surface area contributed by atoms with Gasteiger partial charge in [0.05, 0.1) is 11.4 Å². The van der Waals surface area contributed by atoms with Gasteiger partial charge in [-0.3, -0.25) is 14.7 Å². The van der Waals surface area contributed by atoms with Crippen molar-refractivity contribution in [3.8, 4) is 0 Å². The third-order valence-corrected chi connectivity index (χ3v) is 3.63. The molecule has 0 aromatic carbocycles. The molecule has 1 aromatic heterocycles. The van der Waals surface area contributed by atoms with Gasteiger partial charge in [-0.05, 0) is 5.92 Å². The van der Waals surface area contributed by atoms with E-state index in [0.29, 0.717) is 6.54 Å². The van der Waals surface area contributed by atoms with E-state index in [-0.39, 0.29) is 11.8 Å². The smallest absolute Gasteiger partial charge is 0.308 e. The summed E-state index contributed by atoms with van der Waals surface area (Å²) in [6.07, 6.45) is 1.85. The van der Waals surface area contributed by atoms with Gasteiger partial charge in [-0.15, -0.1) is 11.3 Å². The number of aromatic nitrogens is 1. The van der Waals surface area contributed by atoms with Crippen LogP contribution in [0.4, 0.5) is 0 Å². The molecule has 1 aliphatic rings. The molecule has 0 saturated carbocycles. The monoisotopic (exact) mass is 226 g/mol. The second-order valence-corrected chi connectivity index (χ2v) is 5.05. The zero-order chi connectivity index (χ0) is 10.8. The van der Waals surface area contributed by atoms with E-state index in [2.05, 4.69) is 9.88 Å². The van der Waals surface area contributed by atoms with Gasteiger partial charge in [0.2, 0.25) is 0 Å². The molecule has 0 radical (unpaired) electrons. The van der Waals surface area contributed by atoms with E-state index in [1.807, 2.05) is 18.6 Å². The first-order valence-electron chi connectivity index (χ1n) is 4.99. The quantitative estimate of drug-likeness (QED) is 0.844. The van der Waals surface area contributed by atoms with Crippen molar-refractivity contribution >= 4 is 17.3 Å². The van der Waals surface area contributed by atoms with Crippen molar-refractivity contribution < 1.29 is 9.90 Å². The van der Waals surface area contributed by atoms with Crippen LogP contribution in [0.1, 0.15) is 11.8 Å². The molecule has 0 aliphatic carbocycles. The van der Waals surface area contributed by atoms with E-state index in [0.717, 1.165) is 13.1 Å². The minimum atomic E-state index is -0.672. The van der Waals surface area contributed by atoms with Gasteiger partial charge in [0.25, 0.3) is 0 Å². The van der Waals surface area contributed by atoms with E-state index in [1.54, 1.807) is 11.3 Å². The number of carboxylic acids is 1. The summed E-state index contributed by atoms with van der Waals surface area (Å²) in [7, 11) is 0. The fourth-order valence-corrected chi connectivity index (χ4v) is 2.69. The Balaban J connectivity index is 1.94. The second kappa shape index (κ2) is 4.28. The standard InChI is InChI=1S/C10H14N2O2S/c1-7-3-12(5-9(7)10(13)14)4-8-2-11-6-15-8/h2,6-7,9H,3-5H2,1H3,(H,13,14)/t7-,9-/m1/s1. The third kappa shape index (κ3) is 2.35. The number of rotatable bonds is 3. The molecule has 15 heavy (non-hydrogen) atoms. The highest BCUT2D eigenvalue weighted by molar-refractivity contribution is 7.09. The molecule has 82 valence electrons. The van der Waals surface area contributed by atoms with Crippen LogP contribution in [0.25, 0.3) is 0 Å². The van der Waals surface area contributed by atoms with Gasteiger partial charge in [-0.1, -0.05) is 6.92 Å². The molecule has 1 N–H and O–H groups in total. The summed E-state index contributed by atoms with van der Waals surface area (Å²) in [6.45, 7) is 4.37. The summed E-state index contributed by atoms with van der Waals surface area (Å²) in [5.74, 6) is -0.636. The maximum Gasteiger partial charge on any atom is 0.308 e. The van der Waals surface area contributed by atoms with Crippen LogP contribution in [0.3, 0.4) is 0 Å². The molecule has 0 amide bonds. The van der Waals surface area contributed by atoms with Crippen LogP contribution in [0.2, 0.25) is 0 Å². The van der Waals surface area contributed by atoms with Gasteiger partial charge >= 0.3 is 5.97 Å². The van der Waals surface area contributed by atoms with Crippen LogP contribution < -0.4 is 0 Å². The molecular formula is C10H14N2O2S. The van der Waals surface area contributed by atoms with Crippen LogP contribution in [0.5, 0.6) is 0 Å². The van der Waals surface area contributed by atoms with Crippen molar-refractivity contribution in [1.82, 2.24) is 9.88 Å². The molecule has 1 saturated heterocycles. The molecule has 2 atom stereocenters. The summed E-state index contributed by atoms with van der Waals surface area (Å²) in [4.78, 5) is 18.3. The average molecular weight is 226 g/mol. The predicted molar refractivity (Wildman–Crippen MR) is 57.7 cm³/mol. The lowest BCUT2D eigenvalue weighted by Crippen LogP contribution is -2.22. The van der Waals surface area contributed by atoms with Crippen molar-refractivity contribution in [2.75, 3.05) is 13.1 Å². The Bertz CT molecular complexity index is 339. The Morgan fingerprint density at radius 1 is 1.73 bits per heavy atom. The van der Waals surface area contributed by atoms with E-state index in [1.165, 1.54) is 4.88 Å². The van der Waals surface area contributed by atoms with Crippen LogP contribution >= 0.6 is 11.3 Å². The van der Waals surface area contributed by atoms with Crippen LogP contribution in [-0.4, -0.2) is 34.0 Å². The molecule has 0 unspecified atom stereocenters. The van der Waals surface area contributed by atoms with E-state index < -0.39 is 5.97 Å². The lowest BCUT2D eigenvalue weighted by atomic mass is 9.99. The number of aliphatic carboxylic acids is 1. The molecule has 0 bridgehead atoms. The third-order valence-electron chi connectivity index (χ3n) is 2.87. The minimum absolute atomic E-state index is 0.210. The Kier molecular flexibility index (Phi) is 3.02. The van der Waals surface area contributed by atoms with Gasteiger partial charge in [0.1, 0.15) is 0 Å². The highest BCUT2D eigenvalue weighted by atomic mass is 32.1. The lowest BCUT2D eigenvalue weighted by Gasteiger charge is -2.12. The first-order chi connectivity index (χ1) is 7.16. The molecule has 2 heterocycles. The molecule has 0 spiro atoms. The van der Waals surface area contributed by atoms with E-state index in [9.17, 15) is 4.79 Å². The Labute approximate surface area is 92.6 Å². The SMILES string of the molecule is C[C@@H]1CN(Cc2cncs2)C[C@H]1C(=O)O. The van der Waals surface area contributed by atoms with Crippen LogP contribution in [0.15, 0.2) is 11.7 Å². The average Bonchev–Trinajstić information content (AvgIpc) is 2.75. The van der Waals surface area contributed by atoms with Gasteiger partial charge < -0.3 is 5.11 Å². The second-order valence-electron chi connectivity index (χ2n) is 4.08. The number of nitrogens with zero attached hydrogens (tertiary/aromatic N) is 2. The van der Waals surface area contributed by atoms with Crippen molar-refractivity contribution in [1.29, 1.82) is 0 Å². The molecule has 2 rings (SSSR count). The zero-order valence-corrected chi connectivity index (χ0v) is 9.41. The van der Waals surface area contributed by atoms with Crippen molar-refractivity contribution in [3.63, 3.8) is 0 Å². The number of carboxylic acid groups (broad SMARTS) is 1. The molecule has 1 aliphatic heterocycles. The number of hydrogen-bond acceptors (Lipinski definition) is 4. The fraction of sp³-hybridized carbons (Fsp3) is 0.600. The lowest BCUT2D eigenvalue weighted by molar-refractivity contribution is -0.142. The van der Waals surface area contributed by atoms with Crippen LogP contribution in [0, 0.1) is 11.8 Å². The van der Waals surface area contributed by atoms with Gasteiger partial charge in [-0.25, -0.2) is 0 Å². The highest BCUT2D eigenvalue weighted by Gasteiger charge is 2.34. The summed E-state index contributed by atoms with van der Waals surface area (Å²) in [5, 5.41) is 8.99. The topological polar surface area (TPSA) is 53.4 Å². The normalized spacial score (nSPS) is 27.0. The largest absolute Gasteiger partial charge is 0.481 e. The van der Waals surface area contributed by atoms with Crippen molar-refractivity contribution in [3.05, 3.63) is 16.6 Å². The van der Waals surface area contributed by atoms with Gasteiger partial charge in [0.15, 0.2) is 0 Å². The van der Waals surface area contributed by atoms with Crippen molar-refractivity contribution in [2.45, 2.75) is 13.5 Å². The van der Waals surface area contributed by atoms with Crippen LogP contribution in [-0.2, 0) is 11.3 Å². The maximum absolute atomic E-state index is 10.9. The number of carbonyl (C=O) groups is 1. The van der Waals surface area contributed by atoms with E-state index >= 15 is 0 Å². The number of hydrogen-bond donors (Lipinski definition) is 1. The summed E-state index contributed by atoms with van der Waals surface area (Å²) >= 11 is 1.62. The first-order valence-corrected chi connectivity index (χ1v) is 5.87. The maximum atomic E-state index is 10.9. The van der Waals surface area contributed by atoms with Crippen molar-refractivity contribution in [2.24, 2.45) is 11.8 Å². The van der Waals surface area contributed by atoms with E-state index in [4.69, 9.17) is 5.11 Å². The molecule has 1 aromatic rings. The number of likely N-dealkylation sites (tertiary alicyclic amines) is 1. The zero-order valence-electron chi connectivity index (χ0n) is 8.59. The summed E-state index contributed by atoms with van der Waals surface area (Å²) in [5.41, 5.74) is 1.81. The molecular weight excluding hydrogens is 212 g/mol. The molecule has 1 fully saturated rings. The summed E-state index contributed by atoms with van der Waals surface area (Å²) in [6, 6.07) is 0. The Morgan fingerprint density at radius 2 is 2.53 bits per heavy atom. The van der Waals surface area contributed by atoms with Gasteiger partial charge in [0, 0.05) is 30.7 Å². The Morgan fingerprint density at radius 3 is 3.07 bits per heavy atom. The molecule has 4 nitrogen and oxygen atoms in total. The fourth-order valence-electron chi connectivity index (χ4n) is 2.06. The molecule has 5 heteroatoms. The number of thiazole rings is 1. The summed E-state index contributed by atoms with van der Waals surface area (Å²) < 4.78 is 0. The minimum Gasteiger partial charge on any atom is -0.481 e. The Hall–Kier alpha value is -0.940. The first kappa shape index (κ1) is 10.6.